The second-order valence-electron chi connectivity index (χ2n) is 3.26. The van der Waals surface area contributed by atoms with Crippen LogP contribution in [0.4, 0.5) is 0 Å². The summed E-state index contributed by atoms with van der Waals surface area (Å²) < 4.78 is 5.17. The van der Waals surface area contributed by atoms with Gasteiger partial charge >= 0.3 is 5.97 Å². The minimum atomic E-state index is 0.0637. The Morgan fingerprint density at radius 3 is 2.90 bits per heavy atom. The Balaban J connectivity index is 2.15. The van der Waals surface area contributed by atoms with Gasteiger partial charge in [0, 0.05) is 0 Å². The van der Waals surface area contributed by atoms with E-state index >= 15 is 0 Å². The highest BCUT2D eigenvalue weighted by Crippen LogP contribution is 2.31. The molecule has 0 aromatic carbocycles. The van der Waals surface area contributed by atoms with Crippen LogP contribution in [-0.2, 0) is 9.53 Å². The van der Waals surface area contributed by atoms with Crippen LogP contribution in [0.15, 0.2) is 0 Å². The van der Waals surface area contributed by atoms with Crippen molar-refractivity contribution in [3.63, 3.8) is 0 Å². The molecule has 10 heavy (non-hydrogen) atoms. The van der Waals surface area contributed by atoms with Crippen LogP contribution in [0.3, 0.4) is 0 Å². The number of carbonyl (C=O) groups is 1. The first-order chi connectivity index (χ1) is 4.86. The van der Waals surface area contributed by atoms with Crippen molar-refractivity contribution in [2.24, 2.45) is 5.92 Å². The summed E-state index contributed by atoms with van der Waals surface area (Å²) in [6.07, 6.45) is 5.80. The lowest BCUT2D eigenvalue weighted by Gasteiger charge is -2.22. The summed E-state index contributed by atoms with van der Waals surface area (Å²) in [6.45, 7) is 0. The highest BCUT2D eigenvalue weighted by molar-refractivity contribution is 5.73. The van der Waals surface area contributed by atoms with Crippen molar-refractivity contribution < 1.29 is 9.53 Å². The number of ether oxygens (including phenoxy) is 1. The molecule has 0 aromatic heterocycles. The smallest absolute Gasteiger partial charge is 0.309 e. The Hall–Kier alpha value is -0.530. The fourth-order valence-corrected chi connectivity index (χ4v) is 1.88. The number of carbonyl (C=O) groups excluding carboxylic acids is 1. The van der Waals surface area contributed by atoms with Crippen LogP contribution in [-0.4, -0.2) is 12.1 Å². The first kappa shape index (κ1) is 6.20. The van der Waals surface area contributed by atoms with E-state index in [1.807, 2.05) is 0 Å². The van der Waals surface area contributed by atoms with E-state index in [1.165, 1.54) is 6.42 Å². The Morgan fingerprint density at radius 2 is 2.10 bits per heavy atom. The van der Waals surface area contributed by atoms with Crippen molar-refractivity contribution in [3.8, 4) is 0 Å². The van der Waals surface area contributed by atoms with Gasteiger partial charge in [0.05, 0.1) is 5.92 Å². The molecule has 2 aliphatic heterocycles. The SMILES string of the molecule is O=C1O[C@H]2CCC[C@H]1CC2. The van der Waals surface area contributed by atoms with Gasteiger partial charge in [-0.15, -0.1) is 0 Å². The van der Waals surface area contributed by atoms with Crippen molar-refractivity contribution in [2.75, 3.05) is 0 Å². The van der Waals surface area contributed by atoms with Crippen LogP contribution in [0.5, 0.6) is 0 Å². The molecule has 3 rings (SSSR count). The zero-order valence-electron chi connectivity index (χ0n) is 6.01. The molecule has 2 heterocycles. The van der Waals surface area contributed by atoms with Gasteiger partial charge in [0.25, 0.3) is 0 Å². The van der Waals surface area contributed by atoms with Crippen molar-refractivity contribution in [1.82, 2.24) is 0 Å². The number of rotatable bonds is 0. The molecule has 0 aromatic rings. The zero-order chi connectivity index (χ0) is 6.97. The Bertz CT molecular complexity index is 149. The van der Waals surface area contributed by atoms with E-state index < -0.39 is 0 Å². The fourth-order valence-electron chi connectivity index (χ4n) is 1.88. The minimum Gasteiger partial charge on any atom is -0.462 e. The van der Waals surface area contributed by atoms with E-state index in [4.69, 9.17) is 4.74 Å². The molecule has 2 nitrogen and oxygen atoms in total. The number of fused-ring (bicyclic) bond motifs is 4. The standard InChI is InChI=1S/C8H12O2/c9-8-6-2-1-3-7(10-8)5-4-6/h6-7H,1-5H2/t6-,7-/m0/s1. The number of hydrogen-bond donors (Lipinski definition) is 0. The van der Waals surface area contributed by atoms with E-state index in [0.29, 0.717) is 0 Å². The summed E-state index contributed by atoms with van der Waals surface area (Å²) in [5.74, 6) is 0.313. The fraction of sp³-hybridized carbons (Fsp3) is 0.875. The van der Waals surface area contributed by atoms with E-state index in [9.17, 15) is 4.79 Å². The summed E-state index contributed by atoms with van der Waals surface area (Å²) in [5, 5.41) is 0. The number of esters is 1. The molecular weight excluding hydrogens is 128 g/mol. The molecule has 2 atom stereocenters. The van der Waals surface area contributed by atoms with Crippen molar-refractivity contribution in [2.45, 2.75) is 38.2 Å². The molecule has 1 aliphatic carbocycles. The summed E-state index contributed by atoms with van der Waals surface area (Å²) in [5.41, 5.74) is 0. The molecule has 2 heteroatoms. The Kier molecular flexibility index (Phi) is 1.40. The average molecular weight is 140 g/mol. The monoisotopic (exact) mass is 140 g/mol. The molecule has 0 radical (unpaired) electrons. The first-order valence-electron chi connectivity index (χ1n) is 4.07. The van der Waals surface area contributed by atoms with Gasteiger partial charge in [-0.25, -0.2) is 0 Å². The molecule has 0 N–H and O–H groups in total. The van der Waals surface area contributed by atoms with Crippen molar-refractivity contribution in [3.05, 3.63) is 0 Å². The molecule has 2 bridgehead atoms. The lowest BCUT2D eigenvalue weighted by Crippen LogP contribution is -2.27. The van der Waals surface area contributed by atoms with Gasteiger partial charge < -0.3 is 4.74 Å². The van der Waals surface area contributed by atoms with Crippen LogP contribution in [0.1, 0.15) is 32.1 Å². The summed E-state index contributed by atoms with van der Waals surface area (Å²) >= 11 is 0. The molecule has 1 saturated carbocycles. The van der Waals surface area contributed by atoms with Gasteiger partial charge in [0.1, 0.15) is 6.10 Å². The van der Waals surface area contributed by atoms with Gasteiger partial charge in [-0.05, 0) is 32.1 Å². The largest absolute Gasteiger partial charge is 0.462 e. The highest BCUT2D eigenvalue weighted by atomic mass is 16.5. The predicted molar refractivity (Wildman–Crippen MR) is 36.5 cm³/mol. The highest BCUT2D eigenvalue weighted by Gasteiger charge is 2.32. The van der Waals surface area contributed by atoms with Crippen LogP contribution in [0.2, 0.25) is 0 Å². The maximum atomic E-state index is 11.1. The summed E-state index contributed by atoms with van der Waals surface area (Å²) in [6, 6.07) is 0. The average Bonchev–Trinajstić information content (AvgIpc) is 2.20. The van der Waals surface area contributed by atoms with Crippen molar-refractivity contribution >= 4 is 5.97 Å². The van der Waals surface area contributed by atoms with Gasteiger partial charge in [-0.3, -0.25) is 4.79 Å². The van der Waals surface area contributed by atoms with Crippen LogP contribution < -0.4 is 0 Å². The van der Waals surface area contributed by atoms with E-state index in [2.05, 4.69) is 0 Å². The quantitative estimate of drug-likeness (QED) is 0.476. The first-order valence-corrected chi connectivity index (χ1v) is 4.07. The third kappa shape index (κ3) is 0.917. The molecular formula is C8H12O2. The maximum Gasteiger partial charge on any atom is 0.309 e. The Labute approximate surface area is 60.6 Å². The second kappa shape index (κ2) is 2.26. The van der Waals surface area contributed by atoms with E-state index in [1.54, 1.807) is 0 Å². The van der Waals surface area contributed by atoms with Gasteiger partial charge in [0.15, 0.2) is 0 Å². The third-order valence-corrected chi connectivity index (χ3v) is 2.53. The number of hydrogen-bond acceptors (Lipinski definition) is 2. The lowest BCUT2D eigenvalue weighted by molar-refractivity contribution is -0.158. The van der Waals surface area contributed by atoms with Gasteiger partial charge in [-0.2, -0.15) is 0 Å². The topological polar surface area (TPSA) is 26.3 Å². The Morgan fingerprint density at radius 1 is 1.20 bits per heavy atom. The lowest BCUT2D eigenvalue weighted by atomic mass is 9.99. The van der Waals surface area contributed by atoms with E-state index in [0.717, 1.165) is 25.7 Å². The zero-order valence-corrected chi connectivity index (χ0v) is 6.01. The maximum absolute atomic E-state index is 11.1. The second-order valence-corrected chi connectivity index (χ2v) is 3.26. The summed E-state index contributed by atoms with van der Waals surface area (Å²) in [4.78, 5) is 11.1. The van der Waals surface area contributed by atoms with Gasteiger partial charge in [-0.1, -0.05) is 0 Å². The van der Waals surface area contributed by atoms with Crippen molar-refractivity contribution in [1.29, 1.82) is 0 Å². The molecule has 0 amide bonds. The normalized spacial score (nSPS) is 39.0. The van der Waals surface area contributed by atoms with Crippen LogP contribution in [0, 0.1) is 5.92 Å². The van der Waals surface area contributed by atoms with Crippen LogP contribution >= 0.6 is 0 Å². The molecule has 0 spiro atoms. The van der Waals surface area contributed by atoms with Crippen LogP contribution in [0.25, 0.3) is 0 Å². The third-order valence-electron chi connectivity index (χ3n) is 2.53. The van der Waals surface area contributed by atoms with Gasteiger partial charge in [0.2, 0.25) is 0 Å². The minimum absolute atomic E-state index is 0.0637. The van der Waals surface area contributed by atoms with E-state index in [-0.39, 0.29) is 18.0 Å². The summed E-state index contributed by atoms with van der Waals surface area (Å²) in [7, 11) is 0. The predicted octanol–water partition coefficient (Wildman–Crippen LogP) is 1.49. The molecule has 3 fully saturated rings. The molecule has 0 unspecified atom stereocenters. The molecule has 3 aliphatic rings. The molecule has 2 saturated heterocycles. The molecule has 56 valence electrons.